The van der Waals surface area contributed by atoms with Crippen molar-refractivity contribution in [1.29, 1.82) is 0 Å². The molecule has 1 aliphatic heterocycles. The topological polar surface area (TPSA) is 46.1 Å². The van der Waals surface area contributed by atoms with Crippen LogP contribution in [0.5, 0.6) is 5.75 Å². The van der Waals surface area contributed by atoms with Gasteiger partial charge in [-0.25, -0.2) is 0 Å². The Morgan fingerprint density at radius 2 is 2.00 bits per heavy atom. The minimum atomic E-state index is 0.0195. The molecule has 1 aliphatic rings. The molecule has 1 aromatic carbocycles. The number of nitrogens with one attached hydrogen (secondary N) is 1. The highest BCUT2D eigenvalue weighted by Gasteiger charge is 2.34. The molecule has 0 atom stereocenters. The molecule has 2 rings (SSSR count). The van der Waals surface area contributed by atoms with E-state index in [0.717, 1.165) is 70.2 Å². The molecule has 0 aliphatic carbocycles. The molecule has 0 aromatic heterocycles. The van der Waals surface area contributed by atoms with Crippen molar-refractivity contribution < 1.29 is 9.47 Å². The number of unbranched alkanes of at least 4 members (excludes halogenated alkanes) is 1. The fraction of sp³-hybridized carbons (Fsp3) is 0.609. The van der Waals surface area contributed by atoms with Crippen molar-refractivity contribution in [3.8, 4) is 5.75 Å². The van der Waals surface area contributed by atoms with Crippen LogP contribution in [0.1, 0.15) is 45.1 Å². The van der Waals surface area contributed by atoms with E-state index in [0.29, 0.717) is 6.61 Å². The molecule has 28 heavy (non-hydrogen) atoms. The second-order valence-corrected chi connectivity index (χ2v) is 7.37. The SMILES string of the molecule is C=CCCCN(C)C(=NCC1(c2ccc(OCC)cc2)CCOCC1)NCC. The number of benzene rings is 1. The first-order chi connectivity index (χ1) is 13.6. The number of aliphatic imine (C=N–C) groups is 1. The van der Waals surface area contributed by atoms with E-state index in [4.69, 9.17) is 14.5 Å². The van der Waals surface area contributed by atoms with Crippen molar-refractivity contribution in [2.24, 2.45) is 4.99 Å². The van der Waals surface area contributed by atoms with Crippen LogP contribution < -0.4 is 10.1 Å². The van der Waals surface area contributed by atoms with E-state index in [9.17, 15) is 0 Å². The Bertz CT molecular complexity index is 607. The third kappa shape index (κ3) is 6.26. The molecule has 0 saturated carbocycles. The van der Waals surface area contributed by atoms with Crippen molar-refractivity contribution in [2.75, 3.05) is 46.5 Å². The first-order valence-corrected chi connectivity index (χ1v) is 10.6. The van der Waals surface area contributed by atoms with E-state index in [1.165, 1.54) is 5.56 Å². The molecular formula is C23H37N3O2. The summed E-state index contributed by atoms with van der Waals surface area (Å²) >= 11 is 0. The monoisotopic (exact) mass is 387 g/mol. The fourth-order valence-electron chi connectivity index (χ4n) is 3.65. The minimum Gasteiger partial charge on any atom is -0.494 e. The number of guanidine groups is 1. The zero-order valence-corrected chi connectivity index (χ0v) is 17.9. The summed E-state index contributed by atoms with van der Waals surface area (Å²) in [6, 6.07) is 8.55. The Kier molecular flexibility index (Phi) is 9.35. The lowest BCUT2D eigenvalue weighted by Crippen LogP contribution is -2.42. The second-order valence-electron chi connectivity index (χ2n) is 7.37. The summed E-state index contributed by atoms with van der Waals surface area (Å²) in [5.41, 5.74) is 1.35. The highest BCUT2D eigenvalue weighted by atomic mass is 16.5. The highest BCUT2D eigenvalue weighted by Crippen LogP contribution is 2.36. The van der Waals surface area contributed by atoms with Gasteiger partial charge in [0.25, 0.3) is 0 Å². The molecule has 1 N–H and O–H groups in total. The molecule has 1 fully saturated rings. The van der Waals surface area contributed by atoms with Crippen LogP contribution >= 0.6 is 0 Å². The van der Waals surface area contributed by atoms with Gasteiger partial charge in [0.1, 0.15) is 5.75 Å². The predicted octanol–water partition coefficient (Wildman–Crippen LogP) is 4.00. The zero-order chi connectivity index (χ0) is 20.2. The van der Waals surface area contributed by atoms with E-state index in [2.05, 4.69) is 55.0 Å². The van der Waals surface area contributed by atoms with E-state index in [1.54, 1.807) is 0 Å². The van der Waals surface area contributed by atoms with Crippen molar-refractivity contribution in [2.45, 2.75) is 44.9 Å². The van der Waals surface area contributed by atoms with Gasteiger partial charge in [-0.05, 0) is 57.2 Å². The Balaban J connectivity index is 2.18. The number of hydrogen-bond donors (Lipinski definition) is 1. The van der Waals surface area contributed by atoms with Gasteiger partial charge in [0.2, 0.25) is 0 Å². The number of rotatable bonds is 10. The predicted molar refractivity (Wildman–Crippen MR) is 117 cm³/mol. The van der Waals surface area contributed by atoms with Crippen LogP contribution in [0.4, 0.5) is 0 Å². The van der Waals surface area contributed by atoms with Crippen LogP contribution in [-0.4, -0.2) is 57.4 Å². The summed E-state index contributed by atoms with van der Waals surface area (Å²) in [7, 11) is 2.11. The average molecular weight is 388 g/mol. The fourth-order valence-corrected chi connectivity index (χ4v) is 3.65. The Hall–Kier alpha value is -2.01. The van der Waals surface area contributed by atoms with Gasteiger partial charge in [0, 0.05) is 38.8 Å². The molecule has 5 heteroatoms. The van der Waals surface area contributed by atoms with Crippen LogP contribution in [0.15, 0.2) is 41.9 Å². The van der Waals surface area contributed by atoms with Gasteiger partial charge in [0.05, 0.1) is 13.2 Å². The quantitative estimate of drug-likeness (QED) is 0.285. The van der Waals surface area contributed by atoms with Gasteiger partial charge >= 0.3 is 0 Å². The summed E-state index contributed by atoms with van der Waals surface area (Å²) in [6.07, 6.45) is 6.06. The van der Waals surface area contributed by atoms with Crippen LogP contribution in [0, 0.1) is 0 Å². The maximum Gasteiger partial charge on any atom is 0.193 e. The van der Waals surface area contributed by atoms with Gasteiger partial charge in [-0.15, -0.1) is 6.58 Å². The molecule has 0 radical (unpaired) electrons. The molecule has 5 nitrogen and oxygen atoms in total. The highest BCUT2D eigenvalue weighted by molar-refractivity contribution is 5.79. The van der Waals surface area contributed by atoms with Crippen molar-refractivity contribution in [3.05, 3.63) is 42.5 Å². The third-order valence-electron chi connectivity index (χ3n) is 5.36. The first-order valence-electron chi connectivity index (χ1n) is 10.6. The molecule has 1 saturated heterocycles. The van der Waals surface area contributed by atoms with Gasteiger partial charge < -0.3 is 19.7 Å². The minimum absolute atomic E-state index is 0.0195. The lowest BCUT2D eigenvalue weighted by atomic mass is 9.74. The van der Waals surface area contributed by atoms with Crippen LogP contribution in [0.3, 0.4) is 0 Å². The Labute approximate surface area is 170 Å². The van der Waals surface area contributed by atoms with E-state index < -0.39 is 0 Å². The van der Waals surface area contributed by atoms with Gasteiger partial charge in [-0.3, -0.25) is 4.99 Å². The zero-order valence-electron chi connectivity index (χ0n) is 17.9. The number of ether oxygens (including phenoxy) is 2. The third-order valence-corrected chi connectivity index (χ3v) is 5.36. The molecule has 156 valence electrons. The summed E-state index contributed by atoms with van der Waals surface area (Å²) in [4.78, 5) is 7.26. The lowest BCUT2D eigenvalue weighted by Gasteiger charge is -2.37. The van der Waals surface area contributed by atoms with Crippen molar-refractivity contribution in [3.63, 3.8) is 0 Å². The Morgan fingerprint density at radius 1 is 1.29 bits per heavy atom. The average Bonchev–Trinajstić information content (AvgIpc) is 2.72. The van der Waals surface area contributed by atoms with E-state index >= 15 is 0 Å². The van der Waals surface area contributed by atoms with E-state index in [-0.39, 0.29) is 5.41 Å². The van der Waals surface area contributed by atoms with Crippen LogP contribution in [0.25, 0.3) is 0 Å². The van der Waals surface area contributed by atoms with Crippen LogP contribution in [0.2, 0.25) is 0 Å². The summed E-state index contributed by atoms with van der Waals surface area (Å²) < 4.78 is 11.3. The molecule has 0 amide bonds. The van der Waals surface area contributed by atoms with Crippen molar-refractivity contribution in [1.82, 2.24) is 10.2 Å². The summed E-state index contributed by atoms with van der Waals surface area (Å²) in [5, 5.41) is 3.44. The maximum absolute atomic E-state index is 5.67. The normalized spacial score (nSPS) is 16.5. The molecule has 0 spiro atoms. The molecule has 1 aromatic rings. The van der Waals surface area contributed by atoms with E-state index in [1.807, 2.05) is 13.0 Å². The first kappa shape index (κ1) is 22.3. The summed E-state index contributed by atoms with van der Waals surface area (Å²) in [5.74, 6) is 1.90. The molecule has 1 heterocycles. The summed E-state index contributed by atoms with van der Waals surface area (Å²) in [6.45, 7) is 12.8. The second kappa shape index (κ2) is 11.7. The van der Waals surface area contributed by atoms with Crippen LogP contribution in [-0.2, 0) is 10.2 Å². The largest absolute Gasteiger partial charge is 0.494 e. The standard InChI is InChI=1S/C23H37N3O2/c1-5-8-9-16-26(4)22(24-6-2)25-19-23(14-17-27-18-15-23)20-10-12-21(13-11-20)28-7-3/h5,10-13H,1,6-9,14-19H2,2-4H3,(H,24,25). The maximum atomic E-state index is 5.67. The van der Waals surface area contributed by atoms with Crippen molar-refractivity contribution >= 4 is 5.96 Å². The van der Waals surface area contributed by atoms with Gasteiger partial charge in [0.15, 0.2) is 5.96 Å². The molecule has 0 unspecified atom stereocenters. The Morgan fingerprint density at radius 3 is 2.61 bits per heavy atom. The lowest BCUT2D eigenvalue weighted by molar-refractivity contribution is 0.0530. The smallest absolute Gasteiger partial charge is 0.193 e. The molecular weight excluding hydrogens is 350 g/mol. The molecule has 0 bridgehead atoms. The number of hydrogen-bond acceptors (Lipinski definition) is 3. The number of nitrogens with zero attached hydrogens (tertiary/aromatic N) is 2. The number of allylic oxidation sites excluding steroid dienone is 1. The van der Waals surface area contributed by atoms with Gasteiger partial charge in [-0.1, -0.05) is 18.2 Å². The van der Waals surface area contributed by atoms with Gasteiger partial charge in [-0.2, -0.15) is 0 Å².